The second-order valence-corrected chi connectivity index (χ2v) is 8.89. The Balaban J connectivity index is 1.52. The molecule has 1 unspecified atom stereocenters. The maximum Gasteiger partial charge on any atom is 0.313 e. The van der Waals surface area contributed by atoms with Gasteiger partial charge < -0.3 is 24.2 Å². The summed E-state index contributed by atoms with van der Waals surface area (Å²) in [5.74, 6) is 0.332. The first kappa shape index (κ1) is 25.8. The van der Waals surface area contributed by atoms with Crippen molar-refractivity contribution in [3.05, 3.63) is 81.8 Å². The molecular weight excluding hydrogens is 505 g/mol. The molecule has 0 spiro atoms. The fourth-order valence-electron chi connectivity index (χ4n) is 3.97. The molecule has 36 heavy (non-hydrogen) atoms. The van der Waals surface area contributed by atoms with Gasteiger partial charge in [0.15, 0.2) is 0 Å². The zero-order valence-corrected chi connectivity index (χ0v) is 21.1. The van der Waals surface area contributed by atoms with Crippen LogP contribution in [0.3, 0.4) is 0 Å². The molecule has 0 saturated heterocycles. The third-order valence-electron chi connectivity index (χ3n) is 5.71. The molecule has 7 nitrogen and oxygen atoms in total. The number of carbonyl (C=O) groups is 2. The van der Waals surface area contributed by atoms with Crippen LogP contribution >= 0.6 is 23.2 Å². The van der Waals surface area contributed by atoms with Crippen molar-refractivity contribution < 1.29 is 28.9 Å². The van der Waals surface area contributed by atoms with Crippen LogP contribution in [0.25, 0.3) is 0 Å². The molecule has 1 aliphatic rings. The monoisotopic (exact) mass is 529 g/mol. The number of halogens is 2. The summed E-state index contributed by atoms with van der Waals surface area (Å²) in [5.41, 5.74) is 1.72. The lowest BCUT2D eigenvalue weighted by molar-refractivity contribution is -0.145. The molecule has 0 saturated carbocycles. The molecule has 0 aromatic heterocycles. The molecule has 1 amide bonds. The van der Waals surface area contributed by atoms with Crippen LogP contribution in [0.5, 0.6) is 17.2 Å². The summed E-state index contributed by atoms with van der Waals surface area (Å²) < 4.78 is 16.9. The highest BCUT2D eigenvalue weighted by Crippen LogP contribution is 2.42. The van der Waals surface area contributed by atoms with Crippen molar-refractivity contribution in [3.8, 4) is 17.2 Å². The van der Waals surface area contributed by atoms with Gasteiger partial charge in [-0.3, -0.25) is 9.59 Å². The number of benzene rings is 3. The summed E-state index contributed by atoms with van der Waals surface area (Å²) in [6, 6.07) is 16.7. The van der Waals surface area contributed by atoms with Crippen LogP contribution in [0.4, 0.5) is 5.69 Å². The van der Waals surface area contributed by atoms with E-state index in [1.165, 1.54) is 4.90 Å². The predicted octanol–water partition coefficient (Wildman–Crippen LogP) is 5.85. The van der Waals surface area contributed by atoms with Crippen LogP contribution in [0.1, 0.15) is 35.2 Å². The standard InChI is InChI=1S/C27H25Cl2NO6/c1-2-34-27(33)21-11-14-35-24-16-25(23(29)15-22(21)24)36-20-9-3-17(4-10-20)26(32)30(12-13-31)19-7-5-18(28)6-8-19/h3-10,15-16,21,31H,2,11-14H2,1H3. The number of anilines is 1. The second kappa shape index (κ2) is 11.6. The topological polar surface area (TPSA) is 85.3 Å². The normalized spacial score (nSPS) is 14.4. The first-order valence-electron chi connectivity index (χ1n) is 11.5. The quantitative estimate of drug-likeness (QED) is 0.368. The van der Waals surface area contributed by atoms with Crippen LogP contribution in [0.2, 0.25) is 10.0 Å². The van der Waals surface area contributed by atoms with Crippen molar-refractivity contribution in [2.24, 2.45) is 0 Å². The van der Waals surface area contributed by atoms with Gasteiger partial charge in [0.1, 0.15) is 17.2 Å². The van der Waals surface area contributed by atoms with Gasteiger partial charge in [-0.15, -0.1) is 0 Å². The summed E-state index contributed by atoms with van der Waals surface area (Å²) >= 11 is 12.4. The van der Waals surface area contributed by atoms with Crippen LogP contribution in [0, 0.1) is 0 Å². The summed E-state index contributed by atoms with van der Waals surface area (Å²) in [6.45, 7) is 2.40. The van der Waals surface area contributed by atoms with Crippen LogP contribution in [0.15, 0.2) is 60.7 Å². The van der Waals surface area contributed by atoms with Gasteiger partial charge in [0.25, 0.3) is 5.91 Å². The van der Waals surface area contributed by atoms with Gasteiger partial charge in [-0.1, -0.05) is 23.2 Å². The molecule has 188 valence electrons. The van der Waals surface area contributed by atoms with E-state index in [2.05, 4.69) is 0 Å². The first-order chi connectivity index (χ1) is 17.4. The van der Waals surface area contributed by atoms with Crippen molar-refractivity contribution in [1.29, 1.82) is 0 Å². The Kier molecular flexibility index (Phi) is 8.36. The molecule has 0 bridgehead atoms. The van der Waals surface area contributed by atoms with Crippen molar-refractivity contribution in [2.45, 2.75) is 19.3 Å². The Hall–Kier alpha value is -3.26. The molecule has 1 heterocycles. The molecule has 1 atom stereocenters. The lowest BCUT2D eigenvalue weighted by Gasteiger charge is -2.25. The molecule has 4 rings (SSSR count). The number of rotatable bonds is 8. The third kappa shape index (κ3) is 5.75. The maximum absolute atomic E-state index is 13.1. The van der Waals surface area contributed by atoms with E-state index in [1.54, 1.807) is 67.6 Å². The molecule has 0 aliphatic carbocycles. The van der Waals surface area contributed by atoms with E-state index in [0.29, 0.717) is 63.7 Å². The Morgan fingerprint density at radius 3 is 2.47 bits per heavy atom. The van der Waals surface area contributed by atoms with Crippen molar-refractivity contribution in [3.63, 3.8) is 0 Å². The van der Waals surface area contributed by atoms with Crippen LogP contribution in [-0.2, 0) is 9.53 Å². The highest BCUT2D eigenvalue weighted by atomic mass is 35.5. The zero-order valence-electron chi connectivity index (χ0n) is 19.6. The molecule has 0 fully saturated rings. The average molecular weight is 530 g/mol. The smallest absolute Gasteiger partial charge is 0.313 e. The van der Waals surface area contributed by atoms with E-state index in [0.717, 1.165) is 0 Å². The Labute approximate surface area is 219 Å². The van der Waals surface area contributed by atoms with Gasteiger partial charge in [-0.2, -0.15) is 0 Å². The maximum atomic E-state index is 13.1. The molecular formula is C27H25Cl2NO6. The van der Waals surface area contributed by atoms with Gasteiger partial charge in [0.2, 0.25) is 0 Å². The van der Waals surface area contributed by atoms with E-state index in [9.17, 15) is 14.7 Å². The highest BCUT2D eigenvalue weighted by Gasteiger charge is 2.30. The van der Waals surface area contributed by atoms with E-state index in [-0.39, 0.29) is 25.0 Å². The minimum atomic E-state index is -0.437. The highest BCUT2D eigenvalue weighted by molar-refractivity contribution is 6.32. The summed E-state index contributed by atoms with van der Waals surface area (Å²) in [7, 11) is 0. The molecule has 3 aromatic carbocycles. The molecule has 1 N–H and O–H groups in total. The summed E-state index contributed by atoms with van der Waals surface area (Å²) in [6.07, 6.45) is 0.515. The van der Waals surface area contributed by atoms with Gasteiger partial charge in [-0.05, 0) is 67.9 Å². The third-order valence-corrected chi connectivity index (χ3v) is 6.26. The molecule has 3 aromatic rings. The Morgan fingerprint density at radius 1 is 1.08 bits per heavy atom. The lowest BCUT2D eigenvalue weighted by atomic mass is 9.93. The number of nitrogens with zero attached hydrogens (tertiary/aromatic N) is 1. The number of aliphatic hydroxyl groups is 1. The average Bonchev–Trinajstić information content (AvgIpc) is 2.88. The van der Waals surface area contributed by atoms with Crippen molar-refractivity contribution in [2.75, 3.05) is 31.3 Å². The molecule has 0 radical (unpaired) electrons. The minimum Gasteiger partial charge on any atom is -0.493 e. The minimum absolute atomic E-state index is 0.135. The van der Waals surface area contributed by atoms with Gasteiger partial charge in [0.05, 0.1) is 30.8 Å². The van der Waals surface area contributed by atoms with E-state index >= 15 is 0 Å². The number of hydrogen-bond donors (Lipinski definition) is 1. The van der Waals surface area contributed by atoms with Gasteiger partial charge in [-0.25, -0.2) is 0 Å². The largest absolute Gasteiger partial charge is 0.493 e. The van der Waals surface area contributed by atoms with Crippen molar-refractivity contribution >= 4 is 40.8 Å². The van der Waals surface area contributed by atoms with E-state index < -0.39 is 5.92 Å². The summed E-state index contributed by atoms with van der Waals surface area (Å²) in [5, 5.41) is 10.3. The van der Waals surface area contributed by atoms with E-state index in [1.807, 2.05) is 0 Å². The Morgan fingerprint density at radius 2 is 1.81 bits per heavy atom. The number of amides is 1. The number of hydrogen-bond acceptors (Lipinski definition) is 6. The Bertz CT molecular complexity index is 1230. The number of fused-ring (bicyclic) bond motifs is 1. The summed E-state index contributed by atoms with van der Waals surface area (Å²) in [4.78, 5) is 26.9. The number of ether oxygens (including phenoxy) is 3. The number of esters is 1. The van der Waals surface area contributed by atoms with Crippen LogP contribution < -0.4 is 14.4 Å². The number of carbonyl (C=O) groups excluding carboxylic acids is 2. The first-order valence-corrected chi connectivity index (χ1v) is 12.3. The van der Waals surface area contributed by atoms with Gasteiger partial charge >= 0.3 is 5.97 Å². The fraction of sp³-hybridized carbons (Fsp3) is 0.259. The molecule has 9 heteroatoms. The second-order valence-electron chi connectivity index (χ2n) is 8.05. The number of aliphatic hydroxyl groups excluding tert-OH is 1. The van der Waals surface area contributed by atoms with E-state index in [4.69, 9.17) is 37.4 Å². The SMILES string of the molecule is CCOC(=O)C1CCOc2cc(Oc3ccc(C(=O)N(CCO)c4ccc(Cl)cc4)cc3)c(Cl)cc21. The molecule has 1 aliphatic heterocycles. The van der Waals surface area contributed by atoms with Crippen LogP contribution in [-0.4, -0.2) is 43.3 Å². The zero-order chi connectivity index (χ0) is 25.7. The van der Waals surface area contributed by atoms with Crippen molar-refractivity contribution in [1.82, 2.24) is 0 Å². The predicted molar refractivity (Wildman–Crippen MR) is 138 cm³/mol. The van der Waals surface area contributed by atoms with Gasteiger partial charge in [0, 0.05) is 34.4 Å². The fourth-order valence-corrected chi connectivity index (χ4v) is 4.31. The lowest BCUT2D eigenvalue weighted by Crippen LogP contribution is -2.33.